The van der Waals surface area contributed by atoms with Crippen molar-refractivity contribution in [1.29, 1.82) is 0 Å². The van der Waals surface area contributed by atoms with Crippen LogP contribution >= 0.6 is 0 Å². The molecule has 0 bridgehead atoms. The molecular formula is C14H20N2O2. The van der Waals surface area contributed by atoms with E-state index in [1.165, 1.54) is 0 Å². The fourth-order valence-electron chi connectivity index (χ4n) is 1.54. The Morgan fingerprint density at radius 1 is 1.61 bits per heavy atom. The molecule has 18 heavy (non-hydrogen) atoms. The molecule has 0 radical (unpaired) electrons. The lowest BCUT2D eigenvalue weighted by atomic mass is 10.1. The minimum atomic E-state index is -0.175. The molecule has 0 saturated carbocycles. The number of nitrogens with one attached hydrogen (secondary N) is 1. The molecule has 1 aromatic rings. The molecular weight excluding hydrogens is 228 g/mol. The molecule has 1 amide bonds. The number of ether oxygens (including phenoxy) is 1. The first-order valence-corrected chi connectivity index (χ1v) is 5.91. The normalized spacial score (nSPS) is 11.7. The topological polar surface area (TPSA) is 64.3 Å². The minimum Gasteiger partial charge on any atom is -0.483 e. The lowest BCUT2D eigenvalue weighted by Gasteiger charge is -2.14. The van der Waals surface area contributed by atoms with Crippen LogP contribution in [0.1, 0.15) is 24.1 Å². The third-order valence-electron chi connectivity index (χ3n) is 2.46. The van der Waals surface area contributed by atoms with E-state index in [-0.39, 0.29) is 18.6 Å². The van der Waals surface area contributed by atoms with Crippen molar-refractivity contribution >= 4 is 5.91 Å². The first kappa shape index (κ1) is 14.3. The fourth-order valence-corrected chi connectivity index (χ4v) is 1.54. The first-order valence-electron chi connectivity index (χ1n) is 5.91. The third kappa shape index (κ3) is 4.22. The summed E-state index contributed by atoms with van der Waals surface area (Å²) in [5.41, 5.74) is 7.90. The Balaban J connectivity index is 2.66. The monoisotopic (exact) mass is 248 g/mol. The number of hydrogen-bond acceptors (Lipinski definition) is 3. The third-order valence-corrected chi connectivity index (χ3v) is 2.46. The Bertz CT molecular complexity index is 428. The average molecular weight is 248 g/mol. The Hall–Kier alpha value is -1.81. The van der Waals surface area contributed by atoms with Crippen molar-refractivity contribution in [2.24, 2.45) is 5.73 Å². The van der Waals surface area contributed by atoms with E-state index in [2.05, 4.69) is 11.9 Å². The molecule has 0 saturated heterocycles. The largest absolute Gasteiger partial charge is 0.483 e. The van der Waals surface area contributed by atoms with Crippen LogP contribution in [-0.2, 0) is 4.79 Å². The molecule has 4 heteroatoms. The second-order valence-corrected chi connectivity index (χ2v) is 4.21. The van der Waals surface area contributed by atoms with Gasteiger partial charge in [-0.15, -0.1) is 6.58 Å². The van der Waals surface area contributed by atoms with Gasteiger partial charge in [-0.25, -0.2) is 0 Å². The highest BCUT2D eigenvalue weighted by molar-refractivity contribution is 5.77. The van der Waals surface area contributed by atoms with Crippen LogP contribution in [0.4, 0.5) is 0 Å². The van der Waals surface area contributed by atoms with Crippen LogP contribution < -0.4 is 15.8 Å². The van der Waals surface area contributed by atoms with Gasteiger partial charge in [0.15, 0.2) is 6.61 Å². The Morgan fingerprint density at radius 2 is 2.33 bits per heavy atom. The number of nitrogens with two attached hydrogens (primary N) is 1. The van der Waals surface area contributed by atoms with Crippen molar-refractivity contribution in [2.45, 2.75) is 19.9 Å². The highest BCUT2D eigenvalue weighted by Gasteiger charge is 2.10. The van der Waals surface area contributed by atoms with Crippen molar-refractivity contribution in [3.05, 3.63) is 42.0 Å². The van der Waals surface area contributed by atoms with Crippen LogP contribution in [-0.4, -0.2) is 19.1 Å². The summed E-state index contributed by atoms with van der Waals surface area (Å²) in [7, 11) is 0. The van der Waals surface area contributed by atoms with Gasteiger partial charge in [0.1, 0.15) is 5.75 Å². The molecule has 0 aliphatic carbocycles. The van der Waals surface area contributed by atoms with Gasteiger partial charge in [-0.05, 0) is 19.9 Å². The van der Waals surface area contributed by atoms with Crippen LogP contribution in [0.25, 0.3) is 0 Å². The van der Waals surface area contributed by atoms with Crippen molar-refractivity contribution in [3.8, 4) is 5.75 Å². The number of carbonyl (C=O) groups is 1. The summed E-state index contributed by atoms with van der Waals surface area (Å²) in [5, 5.41) is 2.65. The summed E-state index contributed by atoms with van der Waals surface area (Å²) in [6.45, 7) is 7.83. The van der Waals surface area contributed by atoms with E-state index in [0.717, 1.165) is 11.1 Å². The van der Waals surface area contributed by atoms with Crippen LogP contribution in [0.5, 0.6) is 5.75 Å². The van der Waals surface area contributed by atoms with E-state index in [1.807, 2.05) is 32.0 Å². The standard InChI is InChI=1S/C14H20N2O2/c1-4-7-16-14(17)9-18-13-6-5-10(2)8-12(13)11(3)15/h4-6,8,11H,1,7,9,15H2,2-3H3,(H,16,17)/t11-/m1/s1. The van der Waals surface area contributed by atoms with Crippen LogP contribution in [0.2, 0.25) is 0 Å². The van der Waals surface area contributed by atoms with Crippen molar-refractivity contribution < 1.29 is 9.53 Å². The van der Waals surface area contributed by atoms with Crippen molar-refractivity contribution in [3.63, 3.8) is 0 Å². The fraction of sp³-hybridized carbons (Fsp3) is 0.357. The highest BCUT2D eigenvalue weighted by Crippen LogP contribution is 2.24. The summed E-state index contributed by atoms with van der Waals surface area (Å²) in [6.07, 6.45) is 1.62. The van der Waals surface area contributed by atoms with Crippen LogP contribution in [0, 0.1) is 6.92 Å². The molecule has 0 aliphatic rings. The minimum absolute atomic E-state index is 0.0172. The molecule has 0 aliphatic heterocycles. The lowest BCUT2D eigenvalue weighted by molar-refractivity contribution is -0.122. The number of amides is 1. The molecule has 1 atom stereocenters. The summed E-state index contributed by atoms with van der Waals surface area (Å²) >= 11 is 0. The second-order valence-electron chi connectivity index (χ2n) is 4.21. The van der Waals surface area contributed by atoms with Gasteiger partial charge < -0.3 is 15.8 Å². The van der Waals surface area contributed by atoms with E-state index in [4.69, 9.17) is 10.5 Å². The number of rotatable bonds is 6. The summed E-state index contributed by atoms with van der Waals surface area (Å²) in [5.74, 6) is 0.482. The first-order chi connectivity index (χ1) is 8.54. The van der Waals surface area contributed by atoms with E-state index in [9.17, 15) is 4.79 Å². The molecule has 0 heterocycles. The molecule has 0 fully saturated rings. The van der Waals surface area contributed by atoms with E-state index < -0.39 is 0 Å². The van der Waals surface area contributed by atoms with Gasteiger partial charge in [-0.2, -0.15) is 0 Å². The van der Waals surface area contributed by atoms with E-state index in [1.54, 1.807) is 6.08 Å². The van der Waals surface area contributed by atoms with Gasteiger partial charge in [0.05, 0.1) is 0 Å². The molecule has 0 unspecified atom stereocenters. The van der Waals surface area contributed by atoms with Crippen LogP contribution in [0.15, 0.2) is 30.9 Å². The maximum absolute atomic E-state index is 11.4. The van der Waals surface area contributed by atoms with Crippen molar-refractivity contribution in [2.75, 3.05) is 13.2 Å². The molecule has 0 aromatic heterocycles. The van der Waals surface area contributed by atoms with Gasteiger partial charge in [0.25, 0.3) is 5.91 Å². The zero-order chi connectivity index (χ0) is 13.5. The van der Waals surface area contributed by atoms with Crippen molar-refractivity contribution in [1.82, 2.24) is 5.32 Å². The van der Waals surface area contributed by atoms with Crippen LogP contribution in [0.3, 0.4) is 0 Å². The smallest absolute Gasteiger partial charge is 0.258 e. The zero-order valence-electron chi connectivity index (χ0n) is 10.9. The molecule has 1 rings (SSSR count). The second kappa shape index (κ2) is 6.81. The Morgan fingerprint density at radius 3 is 2.94 bits per heavy atom. The number of aryl methyl sites for hydroxylation is 1. The van der Waals surface area contributed by atoms with Gasteiger partial charge in [0, 0.05) is 18.2 Å². The van der Waals surface area contributed by atoms with Gasteiger partial charge in [0.2, 0.25) is 0 Å². The maximum atomic E-state index is 11.4. The van der Waals surface area contributed by atoms with E-state index >= 15 is 0 Å². The summed E-state index contributed by atoms with van der Waals surface area (Å²) in [4.78, 5) is 11.4. The zero-order valence-corrected chi connectivity index (χ0v) is 10.9. The molecule has 1 aromatic carbocycles. The Kier molecular flexibility index (Phi) is 5.39. The summed E-state index contributed by atoms with van der Waals surface area (Å²) in [6, 6.07) is 5.62. The molecule has 3 N–H and O–H groups in total. The molecule has 98 valence electrons. The molecule has 4 nitrogen and oxygen atoms in total. The quantitative estimate of drug-likeness (QED) is 0.753. The Labute approximate surface area is 108 Å². The van der Waals surface area contributed by atoms with Gasteiger partial charge >= 0.3 is 0 Å². The lowest BCUT2D eigenvalue weighted by Crippen LogP contribution is -2.29. The maximum Gasteiger partial charge on any atom is 0.258 e. The SMILES string of the molecule is C=CCNC(=O)COc1ccc(C)cc1[C@@H](C)N. The predicted octanol–water partition coefficient (Wildman–Crippen LogP) is 1.70. The van der Waals surface area contributed by atoms with Gasteiger partial charge in [-0.1, -0.05) is 23.8 Å². The van der Waals surface area contributed by atoms with E-state index in [0.29, 0.717) is 12.3 Å². The van der Waals surface area contributed by atoms with Gasteiger partial charge in [-0.3, -0.25) is 4.79 Å². The summed E-state index contributed by atoms with van der Waals surface area (Å²) < 4.78 is 5.49. The number of carbonyl (C=O) groups excluding carboxylic acids is 1. The predicted molar refractivity (Wildman–Crippen MR) is 72.5 cm³/mol. The number of benzene rings is 1. The molecule has 0 spiro atoms. The highest BCUT2D eigenvalue weighted by atomic mass is 16.5. The average Bonchev–Trinajstić information content (AvgIpc) is 2.34. The number of hydrogen-bond donors (Lipinski definition) is 2.